The van der Waals surface area contributed by atoms with Crippen LogP contribution in [0, 0.1) is 0 Å². The standard InChI is InChI=1S/C27H36O5S2/c1-3-5-6-9-15-24-22-27(21-14-16-23(4-2)32-24,33(28,29)25-17-10-7-11-18-25)34(30,31)26-19-12-8-13-20-26/h7-8,10-14,16-20,23-24H,3-6,9,15,21-22H2,1-2H3/b16-14-/t23-,24-/m0/s1. The van der Waals surface area contributed by atoms with Gasteiger partial charge in [0.2, 0.25) is 0 Å². The van der Waals surface area contributed by atoms with Gasteiger partial charge in [-0.1, -0.05) is 88.1 Å². The van der Waals surface area contributed by atoms with Crippen molar-refractivity contribution < 1.29 is 21.6 Å². The van der Waals surface area contributed by atoms with Gasteiger partial charge in [-0.25, -0.2) is 16.8 Å². The molecule has 0 aromatic heterocycles. The van der Waals surface area contributed by atoms with Crippen LogP contribution < -0.4 is 0 Å². The molecule has 0 aliphatic carbocycles. The van der Waals surface area contributed by atoms with Gasteiger partial charge in [0, 0.05) is 12.8 Å². The lowest BCUT2D eigenvalue weighted by atomic mass is 10.0. The van der Waals surface area contributed by atoms with E-state index in [4.69, 9.17) is 4.74 Å². The Morgan fingerprint density at radius 2 is 1.38 bits per heavy atom. The fraction of sp³-hybridized carbons (Fsp3) is 0.481. The molecule has 1 aliphatic heterocycles. The first-order valence-electron chi connectivity index (χ1n) is 12.2. The third-order valence-corrected chi connectivity index (χ3v) is 12.3. The number of benzene rings is 2. The number of allylic oxidation sites excluding steroid dienone is 1. The molecule has 0 bridgehead atoms. The van der Waals surface area contributed by atoms with Crippen molar-refractivity contribution in [3.8, 4) is 0 Å². The van der Waals surface area contributed by atoms with E-state index in [1.807, 2.05) is 13.0 Å². The fourth-order valence-corrected chi connectivity index (χ4v) is 9.65. The van der Waals surface area contributed by atoms with Gasteiger partial charge in [0.25, 0.3) is 0 Å². The second-order valence-electron chi connectivity index (χ2n) is 8.93. The summed E-state index contributed by atoms with van der Waals surface area (Å²) < 4.78 is 61.1. The van der Waals surface area contributed by atoms with Gasteiger partial charge in [-0.3, -0.25) is 0 Å². The molecule has 5 nitrogen and oxygen atoms in total. The molecule has 0 N–H and O–H groups in total. The maximum atomic E-state index is 14.2. The van der Waals surface area contributed by atoms with E-state index in [-0.39, 0.29) is 28.7 Å². The van der Waals surface area contributed by atoms with E-state index in [9.17, 15) is 16.8 Å². The van der Waals surface area contributed by atoms with Gasteiger partial charge in [-0.15, -0.1) is 0 Å². The molecule has 0 amide bonds. The van der Waals surface area contributed by atoms with Crippen LogP contribution in [0.2, 0.25) is 0 Å². The quantitative estimate of drug-likeness (QED) is 0.288. The van der Waals surface area contributed by atoms with Crippen LogP contribution in [0.5, 0.6) is 0 Å². The van der Waals surface area contributed by atoms with E-state index in [0.29, 0.717) is 6.42 Å². The first kappa shape index (κ1) is 26.6. The number of unbranched alkanes of at least 4 members (excludes halogenated alkanes) is 3. The summed E-state index contributed by atoms with van der Waals surface area (Å²) in [6.07, 6.45) is 8.06. The Balaban J connectivity index is 2.18. The zero-order valence-corrected chi connectivity index (χ0v) is 21.7. The van der Waals surface area contributed by atoms with Gasteiger partial charge in [-0.05, 0) is 37.1 Å². The Labute approximate surface area is 205 Å². The summed E-state index contributed by atoms with van der Waals surface area (Å²) in [4.78, 5) is 0.0282. The van der Waals surface area contributed by atoms with Gasteiger partial charge in [-0.2, -0.15) is 0 Å². The summed E-state index contributed by atoms with van der Waals surface area (Å²) in [7, 11) is -8.56. The normalized spacial score (nSPS) is 21.9. The highest BCUT2D eigenvalue weighted by Gasteiger charge is 2.56. The molecule has 34 heavy (non-hydrogen) atoms. The predicted octanol–water partition coefficient (Wildman–Crippen LogP) is 6.11. The smallest absolute Gasteiger partial charge is 0.199 e. The molecule has 0 saturated heterocycles. The number of hydrogen-bond donors (Lipinski definition) is 0. The lowest BCUT2D eigenvalue weighted by molar-refractivity contribution is -0.00368. The third-order valence-electron chi connectivity index (χ3n) is 6.55. The predicted molar refractivity (Wildman–Crippen MR) is 136 cm³/mol. The van der Waals surface area contributed by atoms with Crippen molar-refractivity contribution in [1.29, 1.82) is 0 Å². The summed E-state index contributed by atoms with van der Waals surface area (Å²) >= 11 is 0. The van der Waals surface area contributed by atoms with E-state index < -0.39 is 29.9 Å². The van der Waals surface area contributed by atoms with Crippen molar-refractivity contribution in [2.75, 3.05) is 0 Å². The summed E-state index contributed by atoms with van der Waals surface area (Å²) in [6.45, 7) is 4.15. The molecule has 1 aliphatic rings. The number of ether oxygens (including phenoxy) is 1. The highest BCUT2D eigenvalue weighted by molar-refractivity contribution is 8.10. The minimum atomic E-state index is -4.28. The average Bonchev–Trinajstić information content (AvgIpc) is 2.83. The molecule has 2 aromatic rings. The first-order chi connectivity index (χ1) is 16.3. The highest BCUT2D eigenvalue weighted by atomic mass is 32.3. The Hall–Kier alpha value is -1.96. The largest absolute Gasteiger partial charge is 0.371 e. The maximum Gasteiger partial charge on any atom is 0.199 e. The summed E-state index contributed by atoms with van der Waals surface area (Å²) in [5, 5.41) is 0. The molecule has 2 atom stereocenters. The molecule has 7 heteroatoms. The van der Waals surface area contributed by atoms with Crippen molar-refractivity contribution in [3.05, 3.63) is 72.8 Å². The Morgan fingerprint density at radius 3 is 1.88 bits per heavy atom. The minimum Gasteiger partial charge on any atom is -0.371 e. The van der Waals surface area contributed by atoms with E-state index >= 15 is 0 Å². The van der Waals surface area contributed by atoms with Crippen LogP contribution in [-0.4, -0.2) is 33.1 Å². The Bertz CT molecular complexity index is 1070. The number of rotatable bonds is 10. The zero-order chi connectivity index (χ0) is 24.7. The van der Waals surface area contributed by atoms with Crippen molar-refractivity contribution in [2.24, 2.45) is 0 Å². The summed E-state index contributed by atoms with van der Waals surface area (Å²) in [5.74, 6) is 0. The molecule has 186 valence electrons. The van der Waals surface area contributed by atoms with Crippen molar-refractivity contribution in [1.82, 2.24) is 0 Å². The number of hydrogen-bond acceptors (Lipinski definition) is 5. The zero-order valence-electron chi connectivity index (χ0n) is 20.1. The molecular formula is C27H36O5S2. The average molecular weight is 505 g/mol. The SMILES string of the molecule is CCCCCC[C@H]1CC(S(=O)(=O)c2ccccc2)(S(=O)(=O)c2ccccc2)C/C=C\[C@H](CC)O1. The molecule has 0 fully saturated rings. The maximum absolute atomic E-state index is 14.2. The molecular weight excluding hydrogens is 468 g/mol. The van der Waals surface area contributed by atoms with E-state index in [1.165, 1.54) is 24.3 Å². The second kappa shape index (κ2) is 11.6. The second-order valence-corrected chi connectivity index (χ2v) is 13.7. The topological polar surface area (TPSA) is 77.5 Å². The van der Waals surface area contributed by atoms with E-state index in [1.54, 1.807) is 42.5 Å². The van der Waals surface area contributed by atoms with Crippen LogP contribution in [0.15, 0.2) is 82.6 Å². The van der Waals surface area contributed by atoms with Gasteiger partial charge >= 0.3 is 0 Å². The summed E-state index contributed by atoms with van der Waals surface area (Å²) in [5.41, 5.74) is 0. The third kappa shape index (κ3) is 5.47. The van der Waals surface area contributed by atoms with Crippen molar-refractivity contribution in [3.63, 3.8) is 0 Å². The van der Waals surface area contributed by atoms with Crippen molar-refractivity contribution in [2.45, 2.75) is 91.3 Å². The Morgan fingerprint density at radius 1 is 0.824 bits per heavy atom. The lowest BCUT2D eigenvalue weighted by Gasteiger charge is -2.37. The highest BCUT2D eigenvalue weighted by Crippen LogP contribution is 2.44. The molecule has 0 spiro atoms. The van der Waals surface area contributed by atoms with Crippen LogP contribution >= 0.6 is 0 Å². The monoisotopic (exact) mass is 504 g/mol. The first-order valence-corrected chi connectivity index (χ1v) is 15.2. The van der Waals surface area contributed by atoms with Crippen molar-refractivity contribution >= 4 is 19.7 Å². The number of sulfone groups is 2. The van der Waals surface area contributed by atoms with E-state index in [0.717, 1.165) is 32.1 Å². The van der Waals surface area contributed by atoms with Crippen LogP contribution in [0.4, 0.5) is 0 Å². The molecule has 3 rings (SSSR count). The molecule has 0 saturated carbocycles. The van der Waals surface area contributed by atoms with Crippen LogP contribution in [0.1, 0.15) is 65.2 Å². The van der Waals surface area contributed by atoms with Crippen LogP contribution in [0.3, 0.4) is 0 Å². The minimum absolute atomic E-state index is 0.0141. The Kier molecular flexibility index (Phi) is 9.13. The van der Waals surface area contributed by atoms with Gasteiger partial charge < -0.3 is 4.74 Å². The van der Waals surface area contributed by atoms with Crippen LogP contribution in [-0.2, 0) is 24.4 Å². The van der Waals surface area contributed by atoms with Gasteiger partial charge in [0.05, 0.1) is 22.0 Å². The summed E-state index contributed by atoms with van der Waals surface area (Å²) in [6, 6.07) is 15.9. The van der Waals surface area contributed by atoms with Crippen LogP contribution in [0.25, 0.3) is 0 Å². The van der Waals surface area contributed by atoms with Gasteiger partial charge in [0.1, 0.15) is 0 Å². The molecule has 0 radical (unpaired) electrons. The van der Waals surface area contributed by atoms with Gasteiger partial charge in [0.15, 0.2) is 23.8 Å². The molecule has 0 unspecified atom stereocenters. The molecule has 1 heterocycles. The lowest BCUT2D eigenvalue weighted by Crippen LogP contribution is -2.50. The fourth-order valence-electron chi connectivity index (χ4n) is 4.58. The van der Waals surface area contributed by atoms with E-state index in [2.05, 4.69) is 6.92 Å². The molecule has 2 aromatic carbocycles.